The maximum Gasteiger partial charge on any atom is 0.148 e. The van der Waals surface area contributed by atoms with Crippen LogP contribution in [0.3, 0.4) is 0 Å². The van der Waals surface area contributed by atoms with Crippen LogP contribution in [-0.4, -0.2) is 28.2 Å². The molecule has 1 aliphatic carbocycles. The zero-order valence-corrected chi connectivity index (χ0v) is 12.3. The maximum atomic E-state index is 9.00. The molecule has 1 aliphatic rings. The summed E-state index contributed by atoms with van der Waals surface area (Å²) in [5, 5.41) is 12.4. The van der Waals surface area contributed by atoms with Crippen molar-refractivity contribution in [1.82, 2.24) is 9.97 Å². The number of hydrogen-bond donors (Lipinski definition) is 4. The molecule has 0 spiro atoms. The van der Waals surface area contributed by atoms with E-state index in [-0.39, 0.29) is 6.61 Å². The summed E-state index contributed by atoms with van der Waals surface area (Å²) in [5.41, 5.74) is 3.60. The molecule has 0 amide bonds. The zero-order chi connectivity index (χ0) is 14.5. The van der Waals surface area contributed by atoms with Crippen molar-refractivity contribution in [3.05, 3.63) is 11.4 Å². The van der Waals surface area contributed by atoms with Crippen LogP contribution in [0.4, 0.5) is 11.6 Å². The van der Waals surface area contributed by atoms with Crippen molar-refractivity contribution in [3.63, 3.8) is 0 Å². The van der Waals surface area contributed by atoms with Crippen molar-refractivity contribution in [3.8, 4) is 0 Å². The highest BCUT2D eigenvalue weighted by Crippen LogP contribution is 2.39. The minimum Gasteiger partial charge on any atom is -0.396 e. The molecule has 2 rings (SSSR count). The lowest BCUT2D eigenvalue weighted by Crippen LogP contribution is -2.15. The summed E-state index contributed by atoms with van der Waals surface area (Å²) in [6.45, 7) is 5.11. The molecule has 1 saturated carbocycles. The molecule has 0 bridgehead atoms. The second-order valence-electron chi connectivity index (χ2n) is 5.68. The summed E-state index contributed by atoms with van der Waals surface area (Å²) >= 11 is 0. The summed E-state index contributed by atoms with van der Waals surface area (Å²) in [7, 11) is 0. The zero-order valence-electron chi connectivity index (χ0n) is 12.3. The van der Waals surface area contributed by atoms with E-state index in [1.165, 1.54) is 12.8 Å². The van der Waals surface area contributed by atoms with Crippen molar-refractivity contribution < 1.29 is 5.11 Å². The van der Waals surface area contributed by atoms with Crippen molar-refractivity contribution >= 4 is 11.6 Å². The van der Waals surface area contributed by atoms with E-state index < -0.39 is 0 Å². The van der Waals surface area contributed by atoms with Gasteiger partial charge in [0.1, 0.15) is 17.5 Å². The van der Waals surface area contributed by atoms with E-state index in [0.717, 1.165) is 36.6 Å². The molecule has 6 nitrogen and oxygen atoms in total. The van der Waals surface area contributed by atoms with Crippen molar-refractivity contribution in [2.75, 3.05) is 23.9 Å². The molecular formula is C14H25N5O. The number of nitrogens with zero attached hydrogens (tertiary/aromatic N) is 2. The number of rotatable bonds is 8. The smallest absolute Gasteiger partial charge is 0.148 e. The summed E-state index contributed by atoms with van der Waals surface area (Å²) < 4.78 is 0. The second-order valence-corrected chi connectivity index (χ2v) is 5.68. The van der Waals surface area contributed by atoms with Crippen LogP contribution in [-0.2, 0) is 0 Å². The Bertz CT molecular complexity index is 447. The third kappa shape index (κ3) is 3.80. The topological polar surface area (TPSA) is 96.1 Å². The molecule has 5 N–H and O–H groups in total. The average molecular weight is 279 g/mol. The quantitative estimate of drug-likeness (QED) is 0.329. The highest BCUT2D eigenvalue weighted by atomic mass is 16.3. The van der Waals surface area contributed by atoms with Crippen LogP contribution < -0.4 is 16.6 Å². The lowest BCUT2D eigenvalue weighted by atomic mass is 10.1. The van der Waals surface area contributed by atoms with Gasteiger partial charge in [0.2, 0.25) is 0 Å². The monoisotopic (exact) mass is 279 g/mol. The minimum atomic E-state index is 0.250. The van der Waals surface area contributed by atoms with E-state index in [9.17, 15) is 0 Å². The van der Waals surface area contributed by atoms with Gasteiger partial charge in [0.05, 0.1) is 0 Å². The summed E-state index contributed by atoms with van der Waals surface area (Å²) in [6.07, 6.45) is 4.35. The summed E-state index contributed by atoms with van der Waals surface area (Å²) in [5.74, 6) is 8.83. The predicted molar refractivity (Wildman–Crippen MR) is 80.5 cm³/mol. The Labute approximate surface area is 120 Å². The van der Waals surface area contributed by atoms with Crippen LogP contribution in [0, 0.1) is 12.8 Å². The van der Waals surface area contributed by atoms with Crippen LogP contribution in [0.25, 0.3) is 0 Å². The van der Waals surface area contributed by atoms with Gasteiger partial charge in [-0.05, 0) is 38.5 Å². The van der Waals surface area contributed by atoms with E-state index in [1.54, 1.807) is 0 Å². The van der Waals surface area contributed by atoms with Gasteiger partial charge in [-0.15, -0.1) is 0 Å². The molecule has 1 fully saturated rings. The summed E-state index contributed by atoms with van der Waals surface area (Å²) in [4.78, 5) is 9.08. The van der Waals surface area contributed by atoms with Crippen LogP contribution in [0.5, 0.6) is 0 Å². The van der Waals surface area contributed by atoms with E-state index in [0.29, 0.717) is 17.7 Å². The first kappa shape index (κ1) is 15.0. The molecule has 112 valence electrons. The molecule has 1 atom stereocenters. The second kappa shape index (κ2) is 6.85. The third-order valence-electron chi connectivity index (χ3n) is 3.72. The molecule has 0 aliphatic heterocycles. The van der Waals surface area contributed by atoms with E-state index in [4.69, 9.17) is 10.9 Å². The maximum absolute atomic E-state index is 9.00. The van der Waals surface area contributed by atoms with Gasteiger partial charge in [-0.25, -0.2) is 15.8 Å². The SMILES string of the molecule is Cc1c(NN)nc(C2CC2)nc1NCCCC(C)CO. The van der Waals surface area contributed by atoms with Gasteiger partial charge >= 0.3 is 0 Å². The number of nitrogens with one attached hydrogen (secondary N) is 2. The number of anilines is 2. The third-order valence-corrected chi connectivity index (χ3v) is 3.72. The van der Waals surface area contributed by atoms with Gasteiger partial charge < -0.3 is 15.8 Å². The Kier molecular flexibility index (Phi) is 5.14. The molecule has 1 aromatic heterocycles. The highest BCUT2D eigenvalue weighted by molar-refractivity contribution is 5.57. The Morgan fingerprint density at radius 3 is 2.65 bits per heavy atom. The summed E-state index contributed by atoms with van der Waals surface area (Å²) in [6, 6.07) is 0. The van der Waals surface area contributed by atoms with Gasteiger partial charge in [-0.2, -0.15) is 0 Å². The number of aliphatic hydroxyl groups excluding tert-OH is 1. The van der Waals surface area contributed by atoms with Crippen LogP contribution in [0.1, 0.15) is 49.9 Å². The molecule has 0 saturated heterocycles. The normalized spacial score (nSPS) is 16.0. The number of hydrazine groups is 1. The Hall–Kier alpha value is -1.40. The fraction of sp³-hybridized carbons (Fsp3) is 0.714. The highest BCUT2D eigenvalue weighted by Gasteiger charge is 2.28. The minimum absolute atomic E-state index is 0.250. The first-order chi connectivity index (χ1) is 9.65. The van der Waals surface area contributed by atoms with Gasteiger partial charge in [0.25, 0.3) is 0 Å². The molecular weight excluding hydrogens is 254 g/mol. The first-order valence-electron chi connectivity index (χ1n) is 7.35. The Balaban J connectivity index is 1.97. The average Bonchev–Trinajstić information content (AvgIpc) is 3.29. The Morgan fingerprint density at radius 2 is 2.05 bits per heavy atom. The van der Waals surface area contributed by atoms with Gasteiger partial charge in [-0.3, -0.25) is 0 Å². The first-order valence-corrected chi connectivity index (χ1v) is 7.35. The van der Waals surface area contributed by atoms with E-state index in [1.807, 2.05) is 6.92 Å². The largest absolute Gasteiger partial charge is 0.396 e. The molecule has 0 aromatic carbocycles. The van der Waals surface area contributed by atoms with Gasteiger partial charge in [0, 0.05) is 24.6 Å². The predicted octanol–water partition coefficient (Wildman–Crippen LogP) is 1.77. The van der Waals surface area contributed by atoms with Crippen molar-refractivity contribution in [2.24, 2.45) is 11.8 Å². The molecule has 6 heteroatoms. The number of aliphatic hydroxyl groups is 1. The fourth-order valence-electron chi connectivity index (χ4n) is 2.12. The van der Waals surface area contributed by atoms with Crippen molar-refractivity contribution in [2.45, 2.75) is 45.4 Å². The molecule has 1 unspecified atom stereocenters. The number of nitrogen functional groups attached to an aromatic ring is 1. The lowest BCUT2D eigenvalue weighted by Gasteiger charge is -2.14. The standard InChI is InChI=1S/C14H25N5O/c1-9(8-20)4-3-7-16-12-10(2)13(19-15)18-14(17-12)11-5-6-11/h9,11,20H,3-8,15H2,1-2H3,(H2,16,17,18,19). The van der Waals surface area contributed by atoms with Gasteiger partial charge in [0.15, 0.2) is 0 Å². The molecule has 1 heterocycles. The van der Waals surface area contributed by atoms with Crippen molar-refractivity contribution in [1.29, 1.82) is 0 Å². The number of aromatic nitrogens is 2. The lowest BCUT2D eigenvalue weighted by molar-refractivity contribution is 0.229. The molecule has 20 heavy (non-hydrogen) atoms. The van der Waals surface area contributed by atoms with Crippen LogP contribution in [0.2, 0.25) is 0 Å². The Morgan fingerprint density at radius 1 is 1.35 bits per heavy atom. The van der Waals surface area contributed by atoms with Crippen LogP contribution in [0.15, 0.2) is 0 Å². The number of nitrogens with two attached hydrogens (primary N) is 1. The van der Waals surface area contributed by atoms with Gasteiger partial charge in [-0.1, -0.05) is 6.92 Å². The van der Waals surface area contributed by atoms with E-state index in [2.05, 4.69) is 27.6 Å². The molecule has 0 radical (unpaired) electrons. The number of hydrogen-bond acceptors (Lipinski definition) is 6. The van der Waals surface area contributed by atoms with E-state index >= 15 is 0 Å². The molecule has 1 aromatic rings. The van der Waals surface area contributed by atoms with Crippen LogP contribution >= 0.6 is 0 Å². The fourth-order valence-corrected chi connectivity index (χ4v) is 2.12.